The molecule has 0 amide bonds. The zero-order chi connectivity index (χ0) is 23.2. The molecule has 1 fully saturated rings. The topological polar surface area (TPSA) is 72.8 Å². The molecule has 1 aliphatic rings. The molecule has 0 radical (unpaired) electrons. The Hall–Kier alpha value is -3.03. The fourth-order valence-electron chi connectivity index (χ4n) is 4.10. The third-order valence-electron chi connectivity index (χ3n) is 5.81. The van der Waals surface area contributed by atoms with Crippen LogP contribution in [0.2, 0.25) is 5.02 Å². The summed E-state index contributed by atoms with van der Waals surface area (Å²) in [6.45, 7) is 4.21. The van der Waals surface area contributed by atoms with E-state index >= 15 is 0 Å². The van der Waals surface area contributed by atoms with Crippen LogP contribution in [0.1, 0.15) is 49.1 Å². The van der Waals surface area contributed by atoms with Gasteiger partial charge in [0.2, 0.25) is 4.80 Å². The molecule has 0 saturated heterocycles. The monoisotopic (exact) mass is 480 g/mol. The van der Waals surface area contributed by atoms with E-state index in [0.717, 1.165) is 16.1 Å². The van der Waals surface area contributed by atoms with Crippen LogP contribution >= 0.6 is 22.9 Å². The summed E-state index contributed by atoms with van der Waals surface area (Å²) in [6.07, 6.45) is 9.80. The van der Waals surface area contributed by atoms with Crippen LogP contribution in [0.25, 0.3) is 11.3 Å². The number of thiazole rings is 1. The molecular weight excluding hydrogens is 456 g/mol. The molecule has 0 N–H and O–H groups in total. The summed E-state index contributed by atoms with van der Waals surface area (Å²) in [4.78, 5) is 16.0. The molecule has 2 aromatic carbocycles. The quantitative estimate of drug-likeness (QED) is 0.161. The minimum Gasteiger partial charge on any atom is -0.258 e. The van der Waals surface area contributed by atoms with Crippen molar-refractivity contribution < 1.29 is 4.92 Å². The van der Waals surface area contributed by atoms with E-state index in [0.29, 0.717) is 18.0 Å². The van der Waals surface area contributed by atoms with Gasteiger partial charge in [0.15, 0.2) is 0 Å². The van der Waals surface area contributed by atoms with Crippen molar-refractivity contribution in [3.05, 3.63) is 91.6 Å². The lowest BCUT2D eigenvalue weighted by Gasteiger charge is -2.22. The molecule has 8 heteroatoms. The fraction of sp³-hybridized carbons (Fsp3) is 0.280. The summed E-state index contributed by atoms with van der Waals surface area (Å²) in [6, 6.07) is 13.3. The van der Waals surface area contributed by atoms with E-state index in [1.807, 2.05) is 5.38 Å². The van der Waals surface area contributed by atoms with Crippen molar-refractivity contribution >= 4 is 34.8 Å². The van der Waals surface area contributed by atoms with Gasteiger partial charge in [-0.3, -0.25) is 15.1 Å². The highest BCUT2D eigenvalue weighted by Gasteiger charge is 2.16. The van der Waals surface area contributed by atoms with Gasteiger partial charge >= 0.3 is 0 Å². The van der Waals surface area contributed by atoms with Crippen molar-refractivity contribution in [1.29, 1.82) is 0 Å². The molecule has 1 heterocycles. The maximum Gasteiger partial charge on any atom is 0.288 e. The van der Waals surface area contributed by atoms with Crippen molar-refractivity contribution in [2.45, 2.75) is 38.0 Å². The van der Waals surface area contributed by atoms with Gasteiger partial charge in [0, 0.05) is 22.6 Å². The maximum atomic E-state index is 11.2. The number of rotatable bonds is 7. The lowest BCUT2D eigenvalue weighted by atomic mass is 9.84. The van der Waals surface area contributed by atoms with Crippen LogP contribution in [0.3, 0.4) is 0 Å². The SMILES string of the molecule is C=CCN=c1scc(-c2ccc(C3CCCCC3)cc2)n1N=Cc1ccc(Cl)c([N+](=O)[O-])c1. The minimum absolute atomic E-state index is 0.0979. The standard InChI is InChI=1S/C25H25ClN4O2S/c1-2-14-27-25-29(28-16-18-8-13-22(26)23(15-18)30(31)32)24(17-33-25)21-11-9-20(10-12-21)19-6-4-3-5-7-19/h2,8-13,15-17,19H,1,3-7,14H2. The van der Waals surface area contributed by atoms with E-state index in [-0.39, 0.29) is 10.7 Å². The van der Waals surface area contributed by atoms with E-state index in [1.54, 1.807) is 23.0 Å². The van der Waals surface area contributed by atoms with Gasteiger partial charge in [-0.05, 0) is 30.4 Å². The van der Waals surface area contributed by atoms with Crippen LogP contribution in [0.4, 0.5) is 5.69 Å². The van der Waals surface area contributed by atoms with Crippen LogP contribution in [0.5, 0.6) is 0 Å². The van der Waals surface area contributed by atoms with Crippen LogP contribution < -0.4 is 4.80 Å². The van der Waals surface area contributed by atoms with Crippen molar-refractivity contribution in [2.24, 2.45) is 10.1 Å². The first kappa shape index (κ1) is 23.1. The summed E-state index contributed by atoms with van der Waals surface area (Å²) in [5.41, 5.74) is 3.79. The highest BCUT2D eigenvalue weighted by atomic mass is 35.5. The molecule has 0 spiro atoms. The first-order valence-electron chi connectivity index (χ1n) is 11.0. The van der Waals surface area contributed by atoms with Crippen LogP contribution in [0.15, 0.2) is 70.6 Å². The second kappa shape index (κ2) is 10.7. The highest BCUT2D eigenvalue weighted by Crippen LogP contribution is 2.33. The Balaban J connectivity index is 1.68. The van der Waals surface area contributed by atoms with Gasteiger partial charge in [0.25, 0.3) is 5.69 Å². The van der Waals surface area contributed by atoms with Gasteiger partial charge in [0.05, 0.1) is 23.4 Å². The van der Waals surface area contributed by atoms with Gasteiger partial charge in [-0.1, -0.05) is 67.3 Å². The maximum absolute atomic E-state index is 11.2. The first-order chi connectivity index (χ1) is 16.1. The van der Waals surface area contributed by atoms with E-state index in [4.69, 9.17) is 11.6 Å². The van der Waals surface area contributed by atoms with Crippen molar-refractivity contribution in [2.75, 3.05) is 6.54 Å². The third kappa shape index (κ3) is 5.49. The van der Waals surface area contributed by atoms with E-state index in [1.165, 1.54) is 61.1 Å². The molecule has 1 saturated carbocycles. The van der Waals surface area contributed by atoms with Gasteiger partial charge in [-0.25, -0.2) is 4.68 Å². The van der Waals surface area contributed by atoms with Crippen molar-refractivity contribution in [3.63, 3.8) is 0 Å². The molecule has 6 nitrogen and oxygen atoms in total. The third-order valence-corrected chi connectivity index (χ3v) is 6.99. The minimum atomic E-state index is -0.498. The molecule has 0 bridgehead atoms. The number of halogens is 1. The molecule has 0 unspecified atom stereocenters. The van der Waals surface area contributed by atoms with Crippen LogP contribution in [-0.2, 0) is 0 Å². The Morgan fingerprint density at radius 2 is 1.94 bits per heavy atom. The Morgan fingerprint density at radius 3 is 2.64 bits per heavy atom. The number of nitrogens with zero attached hydrogens (tertiary/aromatic N) is 4. The fourth-order valence-corrected chi connectivity index (χ4v) is 5.13. The van der Waals surface area contributed by atoms with Crippen LogP contribution in [0, 0.1) is 10.1 Å². The second-order valence-corrected chi connectivity index (χ2v) is 9.26. The van der Waals surface area contributed by atoms with Gasteiger partial charge in [-0.15, -0.1) is 17.9 Å². The molecule has 3 aromatic rings. The molecular formula is C25H25ClN4O2S. The Labute approximate surface area is 201 Å². The average Bonchev–Trinajstić information content (AvgIpc) is 3.25. The predicted octanol–water partition coefficient (Wildman–Crippen LogP) is 6.79. The number of hydrogen-bond donors (Lipinski definition) is 0. The number of aromatic nitrogens is 1. The Bertz CT molecular complexity index is 1240. The summed E-state index contributed by atoms with van der Waals surface area (Å²) < 4.78 is 1.77. The smallest absolute Gasteiger partial charge is 0.258 e. The average molecular weight is 481 g/mol. The van der Waals surface area contributed by atoms with Crippen molar-refractivity contribution in [1.82, 2.24) is 4.68 Å². The van der Waals surface area contributed by atoms with Gasteiger partial charge in [0.1, 0.15) is 5.02 Å². The van der Waals surface area contributed by atoms with Gasteiger partial charge in [-0.2, -0.15) is 5.10 Å². The molecule has 0 atom stereocenters. The Morgan fingerprint density at radius 1 is 1.18 bits per heavy atom. The molecule has 170 valence electrons. The summed E-state index contributed by atoms with van der Waals surface area (Å²) in [5.74, 6) is 0.652. The summed E-state index contributed by atoms with van der Waals surface area (Å²) >= 11 is 7.43. The zero-order valence-corrected chi connectivity index (χ0v) is 19.8. The zero-order valence-electron chi connectivity index (χ0n) is 18.2. The molecule has 1 aromatic heterocycles. The highest BCUT2D eigenvalue weighted by molar-refractivity contribution is 7.07. The normalized spacial score (nSPS) is 15.2. The van der Waals surface area contributed by atoms with E-state index in [2.05, 4.69) is 40.9 Å². The van der Waals surface area contributed by atoms with Crippen LogP contribution in [-0.4, -0.2) is 22.4 Å². The van der Waals surface area contributed by atoms with E-state index in [9.17, 15) is 10.1 Å². The predicted molar refractivity (Wildman–Crippen MR) is 135 cm³/mol. The summed E-state index contributed by atoms with van der Waals surface area (Å²) in [5, 5.41) is 18.0. The molecule has 33 heavy (non-hydrogen) atoms. The Kier molecular flexibility index (Phi) is 7.52. The molecule has 0 aliphatic heterocycles. The first-order valence-corrected chi connectivity index (χ1v) is 12.2. The van der Waals surface area contributed by atoms with Gasteiger partial charge < -0.3 is 0 Å². The molecule has 4 rings (SSSR count). The largest absolute Gasteiger partial charge is 0.288 e. The molecule has 1 aliphatic carbocycles. The number of hydrogen-bond acceptors (Lipinski definition) is 5. The lowest BCUT2D eigenvalue weighted by molar-refractivity contribution is -0.384. The lowest BCUT2D eigenvalue weighted by Crippen LogP contribution is -2.12. The van der Waals surface area contributed by atoms with Crippen molar-refractivity contribution in [3.8, 4) is 11.3 Å². The number of benzene rings is 2. The van der Waals surface area contributed by atoms with E-state index < -0.39 is 4.92 Å². The number of nitro groups is 1. The second-order valence-electron chi connectivity index (χ2n) is 8.01. The summed E-state index contributed by atoms with van der Waals surface area (Å²) in [7, 11) is 0. The number of nitro benzene ring substituents is 1.